The van der Waals surface area contributed by atoms with Gasteiger partial charge in [0, 0.05) is 5.02 Å². The highest BCUT2D eigenvalue weighted by atomic mass is 35.5. The van der Waals surface area contributed by atoms with E-state index in [1.165, 1.54) is 6.92 Å². The van der Waals surface area contributed by atoms with Crippen molar-refractivity contribution in [2.24, 2.45) is 0 Å². The largest absolute Gasteiger partial charge is 0.349 e. The molecule has 1 rings (SSSR count). The van der Waals surface area contributed by atoms with Crippen LogP contribution >= 0.6 is 11.6 Å². The summed E-state index contributed by atoms with van der Waals surface area (Å²) in [7, 11) is 0. The highest BCUT2D eigenvalue weighted by Gasteiger charge is 2.13. The standard InChI is InChI=1S/C13H16ClNO2/c1-3-12(15-13(17)8-9(2)16)10-4-6-11(14)7-5-10/h4-7,12H,3,8H2,1-2H3,(H,15,17). The lowest BCUT2D eigenvalue weighted by molar-refractivity contribution is -0.127. The summed E-state index contributed by atoms with van der Waals surface area (Å²) in [6.45, 7) is 3.39. The predicted octanol–water partition coefficient (Wildman–Crippen LogP) is 2.89. The molecular formula is C13H16ClNO2. The number of rotatable bonds is 5. The molecule has 0 aliphatic carbocycles. The number of Topliss-reactive ketones (excluding diaryl/α,β-unsaturated/α-hetero) is 1. The van der Waals surface area contributed by atoms with Crippen LogP contribution in [0.3, 0.4) is 0 Å². The number of amides is 1. The number of hydrogen-bond donors (Lipinski definition) is 1. The van der Waals surface area contributed by atoms with Crippen molar-refractivity contribution in [3.05, 3.63) is 34.9 Å². The lowest BCUT2D eigenvalue weighted by atomic mass is 10.0. The zero-order valence-corrected chi connectivity index (χ0v) is 10.8. The highest BCUT2D eigenvalue weighted by molar-refractivity contribution is 6.30. The third-order valence-electron chi connectivity index (χ3n) is 2.43. The van der Waals surface area contributed by atoms with Gasteiger partial charge in [-0.05, 0) is 31.0 Å². The molecule has 17 heavy (non-hydrogen) atoms. The minimum Gasteiger partial charge on any atom is -0.349 e. The maximum atomic E-state index is 11.5. The fraction of sp³-hybridized carbons (Fsp3) is 0.385. The molecule has 0 aromatic heterocycles. The van der Waals surface area contributed by atoms with Gasteiger partial charge in [-0.3, -0.25) is 9.59 Å². The van der Waals surface area contributed by atoms with Crippen LogP contribution in [0.2, 0.25) is 5.02 Å². The topological polar surface area (TPSA) is 46.2 Å². The van der Waals surface area contributed by atoms with Crippen molar-refractivity contribution in [2.75, 3.05) is 0 Å². The van der Waals surface area contributed by atoms with Gasteiger partial charge in [-0.2, -0.15) is 0 Å². The Kier molecular flexibility index (Phi) is 5.16. The number of carbonyl (C=O) groups is 2. The number of benzene rings is 1. The molecular weight excluding hydrogens is 238 g/mol. The Morgan fingerprint density at radius 3 is 2.35 bits per heavy atom. The minimum absolute atomic E-state index is 0.0654. The van der Waals surface area contributed by atoms with E-state index < -0.39 is 0 Å². The van der Waals surface area contributed by atoms with E-state index in [2.05, 4.69) is 5.32 Å². The van der Waals surface area contributed by atoms with Crippen LogP contribution in [0.25, 0.3) is 0 Å². The monoisotopic (exact) mass is 253 g/mol. The summed E-state index contributed by atoms with van der Waals surface area (Å²) in [6, 6.07) is 7.27. The smallest absolute Gasteiger partial charge is 0.227 e. The van der Waals surface area contributed by atoms with E-state index in [1.807, 2.05) is 19.1 Å². The van der Waals surface area contributed by atoms with Crippen LogP contribution in [0.4, 0.5) is 0 Å². The van der Waals surface area contributed by atoms with Crippen LogP contribution in [-0.2, 0) is 9.59 Å². The van der Waals surface area contributed by atoms with E-state index in [4.69, 9.17) is 11.6 Å². The number of ketones is 1. The zero-order valence-electron chi connectivity index (χ0n) is 10.00. The lowest BCUT2D eigenvalue weighted by Crippen LogP contribution is -2.29. The molecule has 0 bridgehead atoms. The second-order valence-corrected chi connectivity index (χ2v) is 4.40. The molecule has 1 atom stereocenters. The minimum atomic E-state index is -0.237. The van der Waals surface area contributed by atoms with Crippen molar-refractivity contribution in [3.8, 4) is 0 Å². The fourth-order valence-corrected chi connectivity index (χ4v) is 1.71. The molecule has 1 aromatic carbocycles. The zero-order chi connectivity index (χ0) is 12.8. The Labute approximate surface area is 106 Å². The Bertz CT molecular complexity index is 400. The molecule has 0 heterocycles. The summed E-state index contributed by atoms with van der Waals surface area (Å²) >= 11 is 5.80. The van der Waals surface area contributed by atoms with Gasteiger partial charge < -0.3 is 5.32 Å². The summed E-state index contributed by atoms with van der Waals surface area (Å²) in [6.07, 6.45) is 0.704. The molecule has 0 fully saturated rings. The summed E-state index contributed by atoms with van der Waals surface area (Å²) in [5, 5.41) is 3.50. The Morgan fingerprint density at radius 2 is 1.88 bits per heavy atom. The first-order valence-electron chi connectivity index (χ1n) is 5.57. The van der Waals surface area contributed by atoms with Gasteiger partial charge in [0.1, 0.15) is 5.78 Å². The van der Waals surface area contributed by atoms with E-state index in [0.717, 1.165) is 12.0 Å². The van der Waals surface area contributed by atoms with Gasteiger partial charge in [0.05, 0.1) is 12.5 Å². The van der Waals surface area contributed by atoms with Crippen molar-refractivity contribution >= 4 is 23.3 Å². The van der Waals surface area contributed by atoms with Crippen molar-refractivity contribution in [1.29, 1.82) is 0 Å². The second-order valence-electron chi connectivity index (χ2n) is 3.96. The average molecular weight is 254 g/mol. The van der Waals surface area contributed by atoms with Crippen molar-refractivity contribution < 1.29 is 9.59 Å². The highest BCUT2D eigenvalue weighted by Crippen LogP contribution is 2.19. The van der Waals surface area contributed by atoms with Crippen molar-refractivity contribution in [1.82, 2.24) is 5.32 Å². The van der Waals surface area contributed by atoms with Crippen LogP contribution in [0.5, 0.6) is 0 Å². The Hall–Kier alpha value is -1.35. The molecule has 3 nitrogen and oxygen atoms in total. The molecule has 0 aliphatic heterocycles. The maximum Gasteiger partial charge on any atom is 0.227 e. The van der Waals surface area contributed by atoms with Gasteiger partial charge in [0.15, 0.2) is 0 Å². The quantitative estimate of drug-likeness (QED) is 0.821. The average Bonchev–Trinajstić information content (AvgIpc) is 2.26. The molecule has 4 heteroatoms. The molecule has 0 saturated carbocycles. The van der Waals surface area contributed by atoms with Gasteiger partial charge in [-0.25, -0.2) is 0 Å². The van der Waals surface area contributed by atoms with Crippen LogP contribution in [0.15, 0.2) is 24.3 Å². The Morgan fingerprint density at radius 1 is 1.29 bits per heavy atom. The van der Waals surface area contributed by atoms with Crippen LogP contribution in [-0.4, -0.2) is 11.7 Å². The van der Waals surface area contributed by atoms with E-state index in [9.17, 15) is 9.59 Å². The number of carbonyl (C=O) groups excluding carboxylic acids is 2. The first kappa shape index (κ1) is 13.7. The normalized spacial score (nSPS) is 11.9. The molecule has 1 aromatic rings. The van der Waals surface area contributed by atoms with Crippen molar-refractivity contribution in [3.63, 3.8) is 0 Å². The lowest BCUT2D eigenvalue weighted by Gasteiger charge is -2.17. The molecule has 1 amide bonds. The van der Waals surface area contributed by atoms with E-state index >= 15 is 0 Å². The molecule has 0 radical (unpaired) electrons. The molecule has 0 spiro atoms. The second kappa shape index (κ2) is 6.40. The first-order chi connectivity index (χ1) is 8.02. The molecule has 92 valence electrons. The molecule has 0 saturated heterocycles. The van der Waals surface area contributed by atoms with Gasteiger partial charge in [0.2, 0.25) is 5.91 Å². The van der Waals surface area contributed by atoms with Gasteiger partial charge in [0.25, 0.3) is 0 Å². The van der Waals surface area contributed by atoms with Crippen LogP contribution in [0.1, 0.15) is 38.3 Å². The predicted molar refractivity (Wildman–Crippen MR) is 67.9 cm³/mol. The summed E-state index contributed by atoms with van der Waals surface area (Å²) < 4.78 is 0. The van der Waals surface area contributed by atoms with E-state index in [1.54, 1.807) is 12.1 Å². The third-order valence-corrected chi connectivity index (χ3v) is 2.68. The third kappa shape index (κ3) is 4.57. The van der Waals surface area contributed by atoms with Gasteiger partial charge >= 0.3 is 0 Å². The SMILES string of the molecule is CCC(NC(=O)CC(C)=O)c1ccc(Cl)cc1. The van der Waals surface area contributed by atoms with E-state index in [-0.39, 0.29) is 24.2 Å². The van der Waals surface area contributed by atoms with Crippen molar-refractivity contribution in [2.45, 2.75) is 32.7 Å². The Balaban J connectivity index is 2.68. The van der Waals surface area contributed by atoms with Gasteiger partial charge in [-0.1, -0.05) is 30.7 Å². The summed E-state index contributed by atoms with van der Waals surface area (Å²) in [4.78, 5) is 22.3. The molecule has 1 N–H and O–H groups in total. The van der Waals surface area contributed by atoms with Gasteiger partial charge in [-0.15, -0.1) is 0 Å². The van der Waals surface area contributed by atoms with E-state index in [0.29, 0.717) is 5.02 Å². The number of halogens is 1. The number of hydrogen-bond acceptors (Lipinski definition) is 2. The maximum absolute atomic E-state index is 11.5. The summed E-state index contributed by atoms with van der Waals surface area (Å²) in [5.41, 5.74) is 0.994. The number of nitrogens with one attached hydrogen (secondary N) is 1. The molecule has 1 unspecified atom stereocenters. The van der Waals surface area contributed by atoms with Crippen LogP contribution in [0, 0.1) is 0 Å². The van der Waals surface area contributed by atoms with Crippen LogP contribution < -0.4 is 5.32 Å². The fourth-order valence-electron chi connectivity index (χ4n) is 1.59. The first-order valence-corrected chi connectivity index (χ1v) is 5.95. The summed E-state index contributed by atoms with van der Waals surface area (Å²) in [5.74, 6) is -0.368. The molecule has 0 aliphatic rings.